The topological polar surface area (TPSA) is 67.4 Å². The Balaban J connectivity index is 2.84. The van der Waals surface area contributed by atoms with Crippen LogP contribution in [0.2, 0.25) is 0 Å². The second-order valence-corrected chi connectivity index (χ2v) is 5.86. The number of nitrogens with one attached hydrogen (secondary N) is 2. The number of rotatable bonds is 7. The Hall–Kier alpha value is -2.32. The summed E-state index contributed by atoms with van der Waals surface area (Å²) in [6, 6.07) is -0.873. The van der Waals surface area contributed by atoms with Crippen LogP contribution in [0.4, 0.5) is 17.6 Å². The van der Waals surface area contributed by atoms with Crippen LogP contribution in [0.3, 0.4) is 0 Å². The normalized spacial score (nSPS) is 12.0. The van der Waals surface area contributed by atoms with Crippen molar-refractivity contribution in [1.29, 1.82) is 0 Å². The van der Waals surface area contributed by atoms with Gasteiger partial charge >= 0.3 is 0 Å². The van der Waals surface area contributed by atoms with E-state index in [-0.39, 0.29) is 5.92 Å². The number of carbonyl (C=O) groups is 2. The predicted molar refractivity (Wildman–Crippen MR) is 82.0 cm³/mol. The van der Waals surface area contributed by atoms with Crippen LogP contribution in [-0.4, -0.2) is 31.5 Å². The average molecular weight is 364 g/mol. The standard InChI is InChI=1S/C16H20F4N2O3/c1-7(2)5-9(16(24)21-4)22-10(23)6-25-15-13(19)11(17)8(3)12(18)14(15)20/h7,9H,5-6H2,1-4H3,(H,21,24)(H,22,23). The van der Waals surface area contributed by atoms with Crippen LogP contribution in [0.25, 0.3) is 0 Å². The molecule has 2 amide bonds. The summed E-state index contributed by atoms with van der Waals surface area (Å²) in [4.78, 5) is 23.5. The lowest BCUT2D eigenvalue weighted by atomic mass is 10.0. The Morgan fingerprint density at radius 1 is 1.04 bits per heavy atom. The molecule has 9 heteroatoms. The minimum Gasteiger partial charge on any atom is -0.477 e. The third kappa shape index (κ3) is 5.07. The molecule has 0 aliphatic heterocycles. The van der Waals surface area contributed by atoms with Crippen molar-refractivity contribution in [2.24, 2.45) is 5.92 Å². The summed E-state index contributed by atoms with van der Waals surface area (Å²) in [5.74, 6) is -9.21. The van der Waals surface area contributed by atoms with Crippen molar-refractivity contribution in [1.82, 2.24) is 10.6 Å². The number of ether oxygens (including phenoxy) is 1. The van der Waals surface area contributed by atoms with Gasteiger partial charge in [-0.3, -0.25) is 9.59 Å². The fourth-order valence-corrected chi connectivity index (χ4v) is 2.10. The van der Waals surface area contributed by atoms with Crippen LogP contribution in [0.15, 0.2) is 0 Å². The van der Waals surface area contributed by atoms with Gasteiger partial charge in [0, 0.05) is 12.6 Å². The summed E-state index contributed by atoms with van der Waals surface area (Å²) in [6.07, 6.45) is 0.321. The second-order valence-electron chi connectivity index (χ2n) is 5.86. The fraction of sp³-hybridized carbons (Fsp3) is 0.500. The van der Waals surface area contributed by atoms with Gasteiger partial charge in [-0.15, -0.1) is 0 Å². The highest BCUT2D eigenvalue weighted by molar-refractivity contribution is 5.87. The van der Waals surface area contributed by atoms with Crippen LogP contribution >= 0.6 is 0 Å². The van der Waals surface area contributed by atoms with Crippen molar-refractivity contribution >= 4 is 11.8 Å². The Labute approximate surface area is 142 Å². The smallest absolute Gasteiger partial charge is 0.258 e. The first-order chi connectivity index (χ1) is 11.6. The molecular weight excluding hydrogens is 344 g/mol. The highest BCUT2D eigenvalue weighted by Crippen LogP contribution is 2.29. The molecule has 1 unspecified atom stereocenters. The van der Waals surface area contributed by atoms with E-state index < -0.39 is 59.0 Å². The number of benzene rings is 1. The van der Waals surface area contributed by atoms with Gasteiger partial charge in [0.1, 0.15) is 6.04 Å². The molecule has 5 nitrogen and oxygen atoms in total. The van der Waals surface area contributed by atoms with Gasteiger partial charge < -0.3 is 15.4 Å². The first-order valence-corrected chi connectivity index (χ1v) is 7.56. The first-order valence-electron chi connectivity index (χ1n) is 7.56. The largest absolute Gasteiger partial charge is 0.477 e. The molecule has 1 atom stereocenters. The lowest BCUT2D eigenvalue weighted by Gasteiger charge is -2.19. The number of hydrogen-bond acceptors (Lipinski definition) is 3. The molecule has 1 aromatic rings. The van der Waals surface area contributed by atoms with Crippen molar-refractivity contribution in [2.45, 2.75) is 33.2 Å². The predicted octanol–water partition coefficient (Wildman–Crippen LogP) is 2.21. The number of carbonyl (C=O) groups excluding carboxylic acids is 2. The van der Waals surface area contributed by atoms with Gasteiger partial charge in [-0.25, -0.2) is 8.78 Å². The molecule has 0 saturated carbocycles. The monoisotopic (exact) mass is 364 g/mol. The van der Waals surface area contributed by atoms with Crippen LogP contribution in [0.5, 0.6) is 5.75 Å². The SMILES string of the molecule is CNC(=O)C(CC(C)C)NC(=O)COc1c(F)c(F)c(C)c(F)c1F. The molecule has 0 bridgehead atoms. The highest BCUT2D eigenvalue weighted by Gasteiger charge is 2.26. The Bertz CT molecular complexity index is 636. The zero-order valence-corrected chi connectivity index (χ0v) is 14.3. The summed E-state index contributed by atoms with van der Waals surface area (Å²) in [5.41, 5.74) is -0.830. The number of amides is 2. The molecule has 0 heterocycles. The summed E-state index contributed by atoms with van der Waals surface area (Å²) < 4.78 is 58.8. The van der Waals surface area contributed by atoms with Gasteiger partial charge in [-0.05, 0) is 19.3 Å². The van der Waals surface area contributed by atoms with E-state index in [0.29, 0.717) is 6.42 Å². The van der Waals surface area contributed by atoms with E-state index in [9.17, 15) is 27.2 Å². The van der Waals surface area contributed by atoms with Gasteiger partial charge in [0.15, 0.2) is 24.0 Å². The lowest BCUT2D eigenvalue weighted by Crippen LogP contribution is -2.47. The van der Waals surface area contributed by atoms with Crippen molar-refractivity contribution in [3.05, 3.63) is 28.8 Å². The van der Waals surface area contributed by atoms with E-state index in [1.807, 2.05) is 13.8 Å². The van der Waals surface area contributed by atoms with Crippen LogP contribution in [0.1, 0.15) is 25.8 Å². The Morgan fingerprint density at radius 3 is 2.00 bits per heavy atom. The van der Waals surface area contributed by atoms with Gasteiger partial charge in [-0.2, -0.15) is 8.78 Å². The van der Waals surface area contributed by atoms with E-state index in [2.05, 4.69) is 15.4 Å². The number of likely N-dealkylation sites (N-methyl/N-ethyl adjacent to an activating group) is 1. The molecule has 1 aromatic carbocycles. The summed E-state index contributed by atoms with van der Waals surface area (Å²) in [6.45, 7) is 3.62. The minimum absolute atomic E-state index is 0.0821. The molecule has 0 aromatic heterocycles. The van der Waals surface area contributed by atoms with Crippen molar-refractivity contribution < 1.29 is 31.9 Å². The Kier molecular flexibility index (Phi) is 7.20. The maximum absolute atomic E-state index is 13.7. The summed E-state index contributed by atoms with van der Waals surface area (Å²) in [5, 5.41) is 4.72. The van der Waals surface area contributed by atoms with E-state index in [1.54, 1.807) is 0 Å². The first kappa shape index (κ1) is 20.7. The van der Waals surface area contributed by atoms with Crippen molar-refractivity contribution in [3.63, 3.8) is 0 Å². The number of halogens is 4. The molecule has 1 rings (SSSR count). The van der Waals surface area contributed by atoms with E-state index in [1.165, 1.54) is 7.05 Å². The molecule has 0 spiro atoms. The second kappa shape index (κ2) is 8.68. The summed E-state index contributed by atoms with van der Waals surface area (Å²) >= 11 is 0. The van der Waals surface area contributed by atoms with E-state index in [4.69, 9.17) is 0 Å². The molecule has 25 heavy (non-hydrogen) atoms. The van der Waals surface area contributed by atoms with Crippen LogP contribution in [-0.2, 0) is 9.59 Å². The van der Waals surface area contributed by atoms with Crippen LogP contribution < -0.4 is 15.4 Å². The van der Waals surface area contributed by atoms with Crippen LogP contribution in [0, 0.1) is 36.1 Å². The highest BCUT2D eigenvalue weighted by atomic mass is 19.2. The maximum Gasteiger partial charge on any atom is 0.258 e. The molecule has 0 aliphatic rings. The molecule has 140 valence electrons. The van der Waals surface area contributed by atoms with Crippen molar-refractivity contribution in [2.75, 3.05) is 13.7 Å². The minimum atomic E-state index is -1.73. The molecule has 0 aliphatic carbocycles. The molecule has 2 N–H and O–H groups in total. The summed E-state index contributed by atoms with van der Waals surface area (Å²) in [7, 11) is 1.39. The molecular formula is C16H20F4N2O3. The number of hydrogen-bond donors (Lipinski definition) is 2. The molecule has 0 fully saturated rings. The van der Waals surface area contributed by atoms with Gasteiger partial charge in [-0.1, -0.05) is 13.8 Å². The lowest BCUT2D eigenvalue weighted by molar-refractivity contribution is -0.130. The van der Waals surface area contributed by atoms with Gasteiger partial charge in [0.25, 0.3) is 5.91 Å². The van der Waals surface area contributed by atoms with Crippen molar-refractivity contribution in [3.8, 4) is 5.75 Å². The fourth-order valence-electron chi connectivity index (χ4n) is 2.10. The Morgan fingerprint density at radius 2 is 1.56 bits per heavy atom. The van der Waals surface area contributed by atoms with Gasteiger partial charge in [0.05, 0.1) is 0 Å². The third-order valence-electron chi connectivity index (χ3n) is 3.40. The average Bonchev–Trinajstić information content (AvgIpc) is 2.56. The zero-order chi connectivity index (χ0) is 19.3. The third-order valence-corrected chi connectivity index (χ3v) is 3.40. The van der Waals surface area contributed by atoms with E-state index in [0.717, 1.165) is 6.92 Å². The maximum atomic E-state index is 13.7. The van der Waals surface area contributed by atoms with Gasteiger partial charge in [0.2, 0.25) is 17.5 Å². The van der Waals surface area contributed by atoms with E-state index >= 15 is 0 Å². The zero-order valence-electron chi connectivity index (χ0n) is 14.3. The molecule has 0 radical (unpaired) electrons. The quantitative estimate of drug-likeness (QED) is 0.576. The molecule has 0 saturated heterocycles.